The Labute approximate surface area is 184 Å². The van der Waals surface area contributed by atoms with Crippen molar-refractivity contribution < 1.29 is 19.1 Å². The van der Waals surface area contributed by atoms with Gasteiger partial charge in [-0.05, 0) is 77.3 Å². The molecular weight excluding hydrogens is 392 g/mol. The summed E-state index contributed by atoms with van der Waals surface area (Å²) in [4.78, 5) is 31.3. The van der Waals surface area contributed by atoms with Crippen molar-refractivity contribution in [1.29, 1.82) is 0 Å². The van der Waals surface area contributed by atoms with Crippen molar-refractivity contribution in [2.24, 2.45) is 0 Å². The van der Waals surface area contributed by atoms with Gasteiger partial charge in [0.2, 0.25) is 0 Å². The van der Waals surface area contributed by atoms with Gasteiger partial charge >= 0.3 is 12.2 Å². The highest BCUT2D eigenvalue weighted by Crippen LogP contribution is 2.35. The smallest absolute Gasteiger partial charge is 0.425 e. The van der Waals surface area contributed by atoms with E-state index in [0.29, 0.717) is 11.3 Å². The Balaban J connectivity index is 2.03. The molecule has 1 aromatic heterocycles. The van der Waals surface area contributed by atoms with E-state index in [9.17, 15) is 9.59 Å². The summed E-state index contributed by atoms with van der Waals surface area (Å²) in [7, 11) is 0. The molecule has 0 saturated heterocycles. The lowest BCUT2D eigenvalue weighted by Crippen LogP contribution is -2.44. The molecule has 0 radical (unpaired) electrons. The molecule has 1 aliphatic carbocycles. The highest BCUT2D eigenvalue weighted by molar-refractivity contribution is 6.13. The van der Waals surface area contributed by atoms with Crippen LogP contribution >= 0.6 is 0 Å². The zero-order valence-corrected chi connectivity index (χ0v) is 19.5. The van der Waals surface area contributed by atoms with Crippen LogP contribution in [-0.4, -0.2) is 28.4 Å². The fraction of sp³-hybridized carbons (Fsp3) is 0.560. The first kappa shape index (κ1) is 23.0. The zero-order chi connectivity index (χ0) is 22.8. The number of nitrogens with zero attached hydrogens (tertiary/aromatic N) is 2. The second-order valence-corrected chi connectivity index (χ2v) is 10.2. The number of amides is 2. The van der Waals surface area contributed by atoms with Gasteiger partial charge in [0.15, 0.2) is 5.82 Å². The second-order valence-electron chi connectivity index (χ2n) is 10.2. The molecule has 3 rings (SSSR count). The summed E-state index contributed by atoms with van der Waals surface area (Å²) in [5.41, 5.74) is -0.239. The zero-order valence-electron chi connectivity index (χ0n) is 19.5. The fourth-order valence-electron chi connectivity index (χ4n) is 3.91. The van der Waals surface area contributed by atoms with Crippen molar-refractivity contribution >= 4 is 28.8 Å². The Bertz CT molecular complexity index is 922. The molecule has 2 aromatic rings. The number of imide groups is 1. The standard InChI is InChI=1S/C25H34N2O4/c1-24(2,3)30-22(28)27(23(29)31-25(4,5)6)21-20-13-12-18(16-19(20)14-15-26-21)17-10-8-7-9-11-17/h12-17H,7-11H2,1-6H3. The number of anilines is 1. The third-order valence-corrected chi connectivity index (χ3v) is 5.21. The quantitative estimate of drug-likeness (QED) is 0.519. The van der Waals surface area contributed by atoms with Gasteiger partial charge in [-0.25, -0.2) is 14.6 Å². The van der Waals surface area contributed by atoms with Gasteiger partial charge in [-0.1, -0.05) is 37.5 Å². The van der Waals surface area contributed by atoms with Gasteiger partial charge in [0.05, 0.1) is 0 Å². The molecule has 0 unspecified atom stereocenters. The van der Waals surface area contributed by atoms with Gasteiger partial charge in [0, 0.05) is 11.6 Å². The Morgan fingerprint density at radius 1 is 0.903 bits per heavy atom. The average molecular weight is 427 g/mol. The minimum absolute atomic E-state index is 0.219. The van der Waals surface area contributed by atoms with E-state index in [1.807, 2.05) is 12.1 Å². The van der Waals surface area contributed by atoms with Crippen molar-refractivity contribution in [3.8, 4) is 0 Å². The van der Waals surface area contributed by atoms with Crippen LogP contribution in [-0.2, 0) is 9.47 Å². The van der Waals surface area contributed by atoms with Crippen LogP contribution < -0.4 is 4.90 Å². The van der Waals surface area contributed by atoms with E-state index in [1.54, 1.807) is 47.7 Å². The monoisotopic (exact) mass is 426 g/mol. The summed E-state index contributed by atoms with van der Waals surface area (Å²) in [5, 5.41) is 1.64. The molecule has 1 aromatic carbocycles. The van der Waals surface area contributed by atoms with Crippen LogP contribution in [0, 0.1) is 0 Å². The predicted molar refractivity (Wildman–Crippen MR) is 123 cm³/mol. The molecule has 1 aliphatic rings. The molecular formula is C25H34N2O4. The molecule has 0 bridgehead atoms. The molecule has 1 heterocycles. The van der Waals surface area contributed by atoms with Crippen molar-refractivity contribution in [3.63, 3.8) is 0 Å². The molecule has 2 amide bonds. The Kier molecular flexibility index (Phi) is 6.58. The molecule has 1 saturated carbocycles. The minimum Gasteiger partial charge on any atom is -0.443 e. The lowest BCUT2D eigenvalue weighted by molar-refractivity contribution is 0.0429. The molecule has 1 fully saturated rings. The van der Waals surface area contributed by atoms with Crippen molar-refractivity contribution in [2.45, 2.75) is 90.8 Å². The maximum atomic E-state index is 13.0. The van der Waals surface area contributed by atoms with Crippen LogP contribution in [0.25, 0.3) is 10.8 Å². The first-order chi connectivity index (χ1) is 14.4. The van der Waals surface area contributed by atoms with Crippen LogP contribution in [0.2, 0.25) is 0 Å². The SMILES string of the molecule is CC(C)(C)OC(=O)N(C(=O)OC(C)(C)C)c1nccc2cc(C3CCCCC3)ccc12. The number of rotatable bonds is 2. The van der Waals surface area contributed by atoms with E-state index >= 15 is 0 Å². The van der Waals surface area contributed by atoms with E-state index in [2.05, 4.69) is 17.1 Å². The average Bonchev–Trinajstić information content (AvgIpc) is 2.66. The van der Waals surface area contributed by atoms with E-state index < -0.39 is 23.4 Å². The van der Waals surface area contributed by atoms with Crippen molar-refractivity contribution in [3.05, 3.63) is 36.0 Å². The molecule has 31 heavy (non-hydrogen) atoms. The Morgan fingerprint density at radius 2 is 1.48 bits per heavy atom. The van der Waals surface area contributed by atoms with Crippen LogP contribution in [0.15, 0.2) is 30.5 Å². The number of carbonyl (C=O) groups excluding carboxylic acids is 2. The van der Waals surface area contributed by atoms with Crippen LogP contribution in [0.1, 0.15) is 85.1 Å². The first-order valence-electron chi connectivity index (χ1n) is 11.1. The largest absolute Gasteiger partial charge is 0.443 e. The molecule has 0 spiro atoms. The lowest BCUT2D eigenvalue weighted by Gasteiger charge is -2.28. The number of aromatic nitrogens is 1. The van der Waals surface area contributed by atoms with Crippen molar-refractivity contribution in [2.75, 3.05) is 4.90 Å². The summed E-state index contributed by atoms with van der Waals surface area (Å²) < 4.78 is 11.0. The molecule has 0 N–H and O–H groups in total. The third kappa shape index (κ3) is 5.96. The maximum absolute atomic E-state index is 13.0. The van der Waals surface area contributed by atoms with Gasteiger partial charge in [0.1, 0.15) is 11.2 Å². The van der Waals surface area contributed by atoms with E-state index in [1.165, 1.54) is 37.7 Å². The lowest BCUT2D eigenvalue weighted by atomic mass is 9.83. The van der Waals surface area contributed by atoms with Gasteiger partial charge in [-0.3, -0.25) is 0 Å². The maximum Gasteiger partial charge on any atom is 0.425 e. The van der Waals surface area contributed by atoms with Crippen molar-refractivity contribution in [1.82, 2.24) is 4.98 Å². The van der Waals surface area contributed by atoms with E-state index in [0.717, 1.165) is 10.3 Å². The fourth-order valence-corrected chi connectivity index (χ4v) is 3.91. The number of pyridine rings is 1. The van der Waals surface area contributed by atoms with Gasteiger partial charge in [0.25, 0.3) is 0 Å². The molecule has 0 atom stereocenters. The summed E-state index contributed by atoms with van der Waals surface area (Å²) in [6.07, 6.45) is 6.22. The summed E-state index contributed by atoms with van der Waals surface area (Å²) in [6, 6.07) is 8.10. The normalized spacial score (nSPS) is 15.5. The van der Waals surface area contributed by atoms with E-state index in [-0.39, 0.29) is 5.82 Å². The Hall–Kier alpha value is -2.63. The highest BCUT2D eigenvalue weighted by Gasteiger charge is 2.34. The van der Waals surface area contributed by atoms with Gasteiger partial charge in [-0.15, -0.1) is 0 Å². The Morgan fingerprint density at radius 3 is 2.03 bits per heavy atom. The van der Waals surface area contributed by atoms with Gasteiger partial charge in [-0.2, -0.15) is 4.90 Å². The number of hydrogen-bond acceptors (Lipinski definition) is 5. The van der Waals surface area contributed by atoms with Crippen LogP contribution in [0.4, 0.5) is 15.4 Å². The molecule has 6 heteroatoms. The first-order valence-corrected chi connectivity index (χ1v) is 11.1. The van der Waals surface area contributed by atoms with Gasteiger partial charge < -0.3 is 9.47 Å². The molecule has 168 valence electrons. The summed E-state index contributed by atoms with van der Waals surface area (Å²) in [6.45, 7) is 10.5. The summed E-state index contributed by atoms with van der Waals surface area (Å²) in [5.74, 6) is 0.777. The van der Waals surface area contributed by atoms with E-state index in [4.69, 9.17) is 9.47 Å². The number of benzene rings is 1. The molecule has 0 aliphatic heterocycles. The number of hydrogen-bond donors (Lipinski definition) is 0. The van der Waals surface area contributed by atoms with Crippen LogP contribution in [0.3, 0.4) is 0 Å². The number of carbonyl (C=O) groups is 2. The molecule has 6 nitrogen and oxygen atoms in total. The third-order valence-electron chi connectivity index (χ3n) is 5.21. The highest BCUT2D eigenvalue weighted by atomic mass is 16.6. The minimum atomic E-state index is -0.807. The predicted octanol–water partition coefficient (Wildman–Crippen LogP) is 6.96. The topological polar surface area (TPSA) is 68.7 Å². The summed E-state index contributed by atoms with van der Waals surface area (Å²) >= 11 is 0. The second kappa shape index (κ2) is 8.85. The number of ether oxygens (including phenoxy) is 2. The number of fused-ring (bicyclic) bond motifs is 1. The van der Waals surface area contributed by atoms with Crippen LogP contribution in [0.5, 0.6) is 0 Å².